The molecule has 3 heterocycles. The summed E-state index contributed by atoms with van der Waals surface area (Å²) < 4.78 is 47.7. The van der Waals surface area contributed by atoms with Gasteiger partial charge in [-0.2, -0.15) is 4.31 Å². The maximum atomic E-state index is 14.1. The fraction of sp³-hybridized carbons (Fsp3) is 0.625. The number of aromatic nitrogens is 4. The molecule has 1 aliphatic heterocycles. The molecule has 0 spiro atoms. The minimum absolute atomic E-state index is 0.0238. The molecule has 3 rings (SSSR count). The van der Waals surface area contributed by atoms with Gasteiger partial charge in [0.2, 0.25) is 10.0 Å². The van der Waals surface area contributed by atoms with Crippen LogP contribution < -0.4 is 5.32 Å². The molecule has 2 unspecified atom stereocenters. The molecule has 2 atom stereocenters. The third kappa shape index (κ3) is 3.92. The summed E-state index contributed by atoms with van der Waals surface area (Å²) in [4.78, 5) is 12.0. The fourth-order valence-corrected chi connectivity index (χ4v) is 5.24. The van der Waals surface area contributed by atoms with Crippen LogP contribution in [-0.2, 0) is 16.6 Å². The lowest BCUT2D eigenvalue weighted by molar-refractivity contribution is 0.0938. The molecule has 2 aromatic rings. The largest absolute Gasteiger partial charge is 0.360 e. The van der Waals surface area contributed by atoms with E-state index in [1.807, 2.05) is 13.8 Å². The van der Waals surface area contributed by atoms with E-state index in [4.69, 9.17) is 4.52 Å². The minimum Gasteiger partial charge on any atom is -0.360 e. The molecule has 1 amide bonds. The first kappa shape index (κ1) is 20.4. The number of hydrogen-bond acceptors (Lipinski definition) is 7. The van der Waals surface area contributed by atoms with Gasteiger partial charge in [0.1, 0.15) is 16.8 Å². The molecule has 0 saturated carbocycles. The quantitative estimate of drug-likeness (QED) is 0.742. The molecule has 1 fully saturated rings. The van der Waals surface area contributed by atoms with Gasteiger partial charge in [0, 0.05) is 18.6 Å². The summed E-state index contributed by atoms with van der Waals surface area (Å²) in [5, 5.41) is 14.1. The molecule has 0 bridgehead atoms. The highest BCUT2D eigenvalue weighted by atomic mass is 32.2. The Balaban J connectivity index is 1.82. The first-order valence-electron chi connectivity index (χ1n) is 8.89. The van der Waals surface area contributed by atoms with Gasteiger partial charge in [-0.25, -0.2) is 12.8 Å². The average Bonchev–Trinajstić information content (AvgIpc) is 3.27. The summed E-state index contributed by atoms with van der Waals surface area (Å²) in [6.07, 6.45) is 0.146. The highest BCUT2D eigenvalue weighted by Crippen LogP contribution is 2.31. The van der Waals surface area contributed by atoms with Crippen molar-refractivity contribution in [3.8, 4) is 0 Å². The highest BCUT2D eigenvalue weighted by molar-refractivity contribution is 7.89. The standard InChI is InChI=1S/C16H23FN6O4S/c1-9(2)18-16(24)14-8-22(21-19-14)7-13-5-12(17)6-23(13)28(25,26)15-10(3)20-27-11(15)4/h8-9,12-13H,5-7H2,1-4H3,(H,18,24). The van der Waals surface area contributed by atoms with Gasteiger partial charge in [-0.1, -0.05) is 10.4 Å². The fourth-order valence-electron chi connectivity index (χ4n) is 3.30. The Bertz CT molecular complexity index is 950. The van der Waals surface area contributed by atoms with Crippen molar-refractivity contribution in [3.63, 3.8) is 0 Å². The first-order valence-corrected chi connectivity index (χ1v) is 10.3. The molecule has 12 heteroatoms. The zero-order valence-corrected chi connectivity index (χ0v) is 16.9. The normalized spacial score (nSPS) is 20.8. The topological polar surface area (TPSA) is 123 Å². The number of alkyl halides is 1. The molecular weight excluding hydrogens is 391 g/mol. The molecule has 0 aromatic carbocycles. The van der Waals surface area contributed by atoms with Crippen molar-refractivity contribution in [2.24, 2.45) is 0 Å². The van der Waals surface area contributed by atoms with Gasteiger partial charge >= 0.3 is 0 Å². The van der Waals surface area contributed by atoms with Crippen LogP contribution in [0.4, 0.5) is 4.39 Å². The van der Waals surface area contributed by atoms with Crippen LogP contribution in [-0.4, -0.2) is 63.6 Å². The maximum Gasteiger partial charge on any atom is 0.273 e. The number of halogens is 1. The van der Waals surface area contributed by atoms with Crippen molar-refractivity contribution in [1.29, 1.82) is 0 Å². The highest BCUT2D eigenvalue weighted by Gasteiger charge is 2.43. The van der Waals surface area contributed by atoms with Crippen molar-refractivity contribution in [3.05, 3.63) is 23.3 Å². The monoisotopic (exact) mass is 414 g/mol. The Hall–Kier alpha value is -2.34. The number of carbonyl (C=O) groups is 1. The second-order valence-corrected chi connectivity index (χ2v) is 9.00. The summed E-state index contributed by atoms with van der Waals surface area (Å²) in [5.74, 6) is -0.219. The van der Waals surface area contributed by atoms with Crippen LogP contribution in [0.2, 0.25) is 0 Å². The number of rotatable bonds is 6. The summed E-state index contributed by atoms with van der Waals surface area (Å²) in [7, 11) is -3.99. The zero-order chi connectivity index (χ0) is 20.6. The summed E-state index contributed by atoms with van der Waals surface area (Å²) in [5.41, 5.74) is 0.343. The van der Waals surface area contributed by atoms with Crippen molar-refractivity contribution in [2.75, 3.05) is 6.54 Å². The molecular formula is C16H23FN6O4S. The zero-order valence-electron chi connectivity index (χ0n) is 16.1. The van der Waals surface area contributed by atoms with E-state index >= 15 is 0 Å². The van der Waals surface area contributed by atoms with E-state index in [1.54, 1.807) is 0 Å². The van der Waals surface area contributed by atoms with Gasteiger partial charge in [-0.05, 0) is 34.1 Å². The molecule has 1 aliphatic rings. The molecule has 154 valence electrons. The van der Waals surface area contributed by atoms with Gasteiger partial charge in [0.25, 0.3) is 5.91 Å². The van der Waals surface area contributed by atoms with Crippen molar-refractivity contribution >= 4 is 15.9 Å². The number of amides is 1. The third-order valence-corrected chi connectivity index (χ3v) is 6.60. The summed E-state index contributed by atoms with van der Waals surface area (Å²) in [6, 6.07) is -0.730. The van der Waals surface area contributed by atoms with Crippen molar-refractivity contribution in [2.45, 2.75) is 63.8 Å². The van der Waals surface area contributed by atoms with Gasteiger partial charge in [0.05, 0.1) is 12.7 Å². The second kappa shape index (κ2) is 7.59. The number of hydrogen-bond donors (Lipinski definition) is 1. The predicted molar refractivity (Wildman–Crippen MR) is 95.8 cm³/mol. The van der Waals surface area contributed by atoms with Crippen LogP contribution in [0.3, 0.4) is 0 Å². The van der Waals surface area contributed by atoms with Crippen LogP contribution in [0.5, 0.6) is 0 Å². The Kier molecular flexibility index (Phi) is 5.53. The van der Waals surface area contributed by atoms with Crippen LogP contribution in [0, 0.1) is 13.8 Å². The van der Waals surface area contributed by atoms with E-state index in [2.05, 4.69) is 20.8 Å². The van der Waals surface area contributed by atoms with Crippen molar-refractivity contribution in [1.82, 2.24) is 29.8 Å². The lowest BCUT2D eigenvalue weighted by atomic mass is 10.2. The number of nitrogens with zero attached hydrogens (tertiary/aromatic N) is 5. The number of nitrogens with one attached hydrogen (secondary N) is 1. The van der Waals surface area contributed by atoms with Gasteiger partial charge in [-0.15, -0.1) is 5.10 Å². The van der Waals surface area contributed by atoms with Crippen molar-refractivity contribution < 1.29 is 22.1 Å². The van der Waals surface area contributed by atoms with Crippen LogP contribution in [0.25, 0.3) is 0 Å². The van der Waals surface area contributed by atoms with Gasteiger partial charge in [0.15, 0.2) is 11.5 Å². The Labute approximate surface area is 162 Å². The van der Waals surface area contributed by atoms with E-state index in [9.17, 15) is 17.6 Å². The Morgan fingerprint density at radius 2 is 2.14 bits per heavy atom. The second-order valence-electron chi connectivity index (χ2n) is 7.17. The summed E-state index contributed by atoms with van der Waals surface area (Å²) >= 11 is 0. The molecule has 0 radical (unpaired) electrons. The number of aryl methyl sites for hydroxylation is 2. The van der Waals surface area contributed by atoms with Crippen LogP contribution in [0.15, 0.2) is 15.6 Å². The molecule has 28 heavy (non-hydrogen) atoms. The van der Waals surface area contributed by atoms with E-state index < -0.39 is 22.2 Å². The molecule has 2 aromatic heterocycles. The van der Waals surface area contributed by atoms with E-state index in [-0.39, 0.29) is 53.5 Å². The number of carbonyl (C=O) groups excluding carboxylic acids is 1. The third-order valence-electron chi connectivity index (χ3n) is 4.44. The van der Waals surface area contributed by atoms with Gasteiger partial charge < -0.3 is 9.84 Å². The lowest BCUT2D eigenvalue weighted by Crippen LogP contribution is -2.38. The molecule has 1 N–H and O–H groups in total. The van der Waals surface area contributed by atoms with Crippen LogP contribution in [0.1, 0.15) is 42.2 Å². The maximum absolute atomic E-state index is 14.1. The smallest absolute Gasteiger partial charge is 0.273 e. The Morgan fingerprint density at radius 3 is 2.75 bits per heavy atom. The van der Waals surface area contributed by atoms with Gasteiger partial charge in [-0.3, -0.25) is 9.48 Å². The predicted octanol–water partition coefficient (Wildman–Crippen LogP) is 0.822. The molecule has 10 nitrogen and oxygen atoms in total. The average molecular weight is 414 g/mol. The lowest BCUT2D eigenvalue weighted by Gasteiger charge is -2.23. The Morgan fingerprint density at radius 1 is 1.43 bits per heavy atom. The van der Waals surface area contributed by atoms with Crippen LogP contribution >= 0.6 is 0 Å². The first-order chi connectivity index (χ1) is 13.1. The van der Waals surface area contributed by atoms with E-state index in [1.165, 1.54) is 24.7 Å². The minimum atomic E-state index is -3.99. The number of sulfonamides is 1. The SMILES string of the molecule is Cc1noc(C)c1S(=O)(=O)N1CC(F)CC1Cn1cc(C(=O)NC(C)C)nn1. The molecule has 0 aliphatic carbocycles. The molecule has 1 saturated heterocycles. The van der Waals surface area contributed by atoms with E-state index in [0.29, 0.717) is 0 Å². The summed E-state index contributed by atoms with van der Waals surface area (Å²) in [6.45, 7) is 6.48. The van der Waals surface area contributed by atoms with E-state index in [0.717, 1.165) is 4.31 Å².